The van der Waals surface area contributed by atoms with Crippen molar-refractivity contribution in [3.05, 3.63) is 12.2 Å². The Balaban J connectivity index is 2.00. The number of carbonyl (C=O) groups is 1. The molecule has 0 aromatic rings. The summed E-state index contributed by atoms with van der Waals surface area (Å²) in [5.74, 6) is -0.223. The van der Waals surface area contributed by atoms with Crippen LogP contribution in [0.3, 0.4) is 0 Å². The molecule has 3 heteroatoms. The standard InChI is InChI=1S/C13H22O3/c1-3-13(2,15)10-6-4-5-7-11-8-9-12(14)16-11/h8-9,11,15H,3-7,10H2,1-2H3/t11-,13+/m1/s1. The van der Waals surface area contributed by atoms with Crippen molar-refractivity contribution in [2.24, 2.45) is 0 Å². The zero-order valence-corrected chi connectivity index (χ0v) is 10.2. The lowest BCUT2D eigenvalue weighted by Gasteiger charge is -2.20. The van der Waals surface area contributed by atoms with E-state index >= 15 is 0 Å². The summed E-state index contributed by atoms with van der Waals surface area (Å²) >= 11 is 0. The van der Waals surface area contributed by atoms with Gasteiger partial charge in [-0.1, -0.05) is 19.8 Å². The minimum Gasteiger partial charge on any atom is -0.455 e. The molecule has 0 bridgehead atoms. The molecule has 1 aliphatic heterocycles. The van der Waals surface area contributed by atoms with Crippen LogP contribution in [0.1, 0.15) is 52.4 Å². The van der Waals surface area contributed by atoms with Gasteiger partial charge in [0.05, 0.1) is 5.60 Å². The first-order valence-corrected chi connectivity index (χ1v) is 6.15. The number of cyclic esters (lactones) is 1. The van der Waals surface area contributed by atoms with Gasteiger partial charge in [0.25, 0.3) is 0 Å². The molecule has 16 heavy (non-hydrogen) atoms. The maximum absolute atomic E-state index is 10.8. The van der Waals surface area contributed by atoms with Crippen LogP contribution in [0.25, 0.3) is 0 Å². The van der Waals surface area contributed by atoms with E-state index in [9.17, 15) is 9.90 Å². The van der Waals surface area contributed by atoms with Gasteiger partial charge in [-0.2, -0.15) is 0 Å². The molecule has 1 aliphatic rings. The van der Waals surface area contributed by atoms with Gasteiger partial charge in [0.1, 0.15) is 6.10 Å². The van der Waals surface area contributed by atoms with Gasteiger partial charge in [-0.05, 0) is 38.7 Å². The summed E-state index contributed by atoms with van der Waals surface area (Å²) in [6.45, 7) is 3.89. The molecule has 0 aliphatic carbocycles. The maximum Gasteiger partial charge on any atom is 0.331 e. The summed E-state index contributed by atoms with van der Waals surface area (Å²) in [7, 11) is 0. The quantitative estimate of drug-likeness (QED) is 0.536. The third kappa shape index (κ3) is 4.79. The van der Waals surface area contributed by atoms with Crippen molar-refractivity contribution in [3.8, 4) is 0 Å². The SMILES string of the molecule is CC[C@](C)(O)CCCCC[C@@H]1C=CC(=O)O1. The fourth-order valence-electron chi connectivity index (χ4n) is 1.77. The molecular weight excluding hydrogens is 204 g/mol. The molecule has 0 fully saturated rings. The van der Waals surface area contributed by atoms with Crippen molar-refractivity contribution >= 4 is 5.97 Å². The molecule has 1 N–H and O–H groups in total. The van der Waals surface area contributed by atoms with Crippen molar-refractivity contribution in [1.29, 1.82) is 0 Å². The van der Waals surface area contributed by atoms with Crippen LogP contribution in [-0.2, 0) is 9.53 Å². The van der Waals surface area contributed by atoms with E-state index in [1.165, 1.54) is 6.08 Å². The average Bonchev–Trinajstić information content (AvgIpc) is 2.64. The summed E-state index contributed by atoms with van der Waals surface area (Å²) in [6.07, 6.45) is 9.01. The second-order valence-electron chi connectivity index (χ2n) is 4.78. The highest BCUT2D eigenvalue weighted by Crippen LogP contribution is 2.19. The number of esters is 1. The largest absolute Gasteiger partial charge is 0.455 e. The zero-order chi connectivity index (χ0) is 12.0. The Bertz CT molecular complexity index is 256. The van der Waals surface area contributed by atoms with E-state index in [4.69, 9.17) is 4.74 Å². The van der Waals surface area contributed by atoms with Crippen LogP contribution >= 0.6 is 0 Å². The topological polar surface area (TPSA) is 46.5 Å². The van der Waals surface area contributed by atoms with Crippen molar-refractivity contribution in [3.63, 3.8) is 0 Å². The maximum atomic E-state index is 10.8. The van der Waals surface area contributed by atoms with E-state index in [2.05, 4.69) is 0 Å². The molecule has 0 saturated heterocycles. The summed E-state index contributed by atoms with van der Waals surface area (Å²) < 4.78 is 5.03. The van der Waals surface area contributed by atoms with Gasteiger partial charge >= 0.3 is 5.97 Å². The molecule has 1 heterocycles. The van der Waals surface area contributed by atoms with Crippen LogP contribution in [0.5, 0.6) is 0 Å². The third-order valence-electron chi connectivity index (χ3n) is 3.18. The minimum atomic E-state index is -0.514. The van der Waals surface area contributed by atoms with Crippen molar-refractivity contribution in [2.45, 2.75) is 64.1 Å². The number of aliphatic hydroxyl groups is 1. The predicted molar refractivity (Wildman–Crippen MR) is 63.0 cm³/mol. The number of hydrogen-bond donors (Lipinski definition) is 1. The van der Waals surface area contributed by atoms with Gasteiger partial charge in [0.15, 0.2) is 0 Å². The molecule has 0 saturated carbocycles. The highest BCUT2D eigenvalue weighted by molar-refractivity contribution is 5.84. The van der Waals surface area contributed by atoms with Gasteiger partial charge in [0.2, 0.25) is 0 Å². The van der Waals surface area contributed by atoms with E-state index in [-0.39, 0.29) is 12.1 Å². The molecule has 0 aromatic carbocycles. The smallest absolute Gasteiger partial charge is 0.331 e. The molecule has 0 radical (unpaired) electrons. The lowest BCUT2D eigenvalue weighted by Crippen LogP contribution is -2.22. The minimum absolute atomic E-state index is 0.0146. The van der Waals surface area contributed by atoms with E-state index in [0.717, 1.165) is 38.5 Å². The number of unbranched alkanes of at least 4 members (excludes halogenated alkanes) is 2. The number of rotatable bonds is 7. The predicted octanol–water partition coefficient (Wildman–Crippen LogP) is 2.58. The van der Waals surface area contributed by atoms with Crippen LogP contribution in [-0.4, -0.2) is 22.8 Å². The Kier molecular flexibility index (Phi) is 5.00. The Labute approximate surface area is 97.5 Å². The molecule has 0 spiro atoms. The van der Waals surface area contributed by atoms with Crippen LogP contribution in [0.15, 0.2) is 12.2 Å². The second kappa shape index (κ2) is 6.04. The molecular formula is C13H22O3. The molecule has 1 rings (SSSR count). The molecule has 0 unspecified atom stereocenters. The summed E-state index contributed by atoms with van der Waals surface area (Å²) in [5, 5.41) is 9.79. The van der Waals surface area contributed by atoms with E-state index in [0.29, 0.717) is 0 Å². The number of carbonyl (C=O) groups excluding carboxylic acids is 1. The Morgan fingerprint density at radius 2 is 2.19 bits per heavy atom. The Morgan fingerprint density at radius 1 is 1.44 bits per heavy atom. The van der Waals surface area contributed by atoms with E-state index in [1.54, 1.807) is 0 Å². The Morgan fingerprint density at radius 3 is 2.75 bits per heavy atom. The van der Waals surface area contributed by atoms with Crippen LogP contribution in [0.2, 0.25) is 0 Å². The summed E-state index contributed by atoms with van der Waals surface area (Å²) in [5.41, 5.74) is -0.514. The van der Waals surface area contributed by atoms with Crippen LogP contribution in [0, 0.1) is 0 Å². The monoisotopic (exact) mass is 226 g/mol. The fraction of sp³-hybridized carbons (Fsp3) is 0.769. The first-order valence-electron chi connectivity index (χ1n) is 6.15. The second-order valence-corrected chi connectivity index (χ2v) is 4.78. The summed E-state index contributed by atoms with van der Waals surface area (Å²) in [6, 6.07) is 0. The lowest BCUT2D eigenvalue weighted by atomic mass is 9.95. The van der Waals surface area contributed by atoms with Gasteiger partial charge in [-0.25, -0.2) is 4.79 Å². The molecule has 3 nitrogen and oxygen atoms in total. The Hall–Kier alpha value is -0.830. The molecule has 0 aromatic heterocycles. The van der Waals surface area contributed by atoms with E-state index < -0.39 is 5.60 Å². The molecule has 2 atom stereocenters. The van der Waals surface area contributed by atoms with Crippen molar-refractivity contribution in [1.82, 2.24) is 0 Å². The van der Waals surface area contributed by atoms with Crippen molar-refractivity contribution in [2.75, 3.05) is 0 Å². The van der Waals surface area contributed by atoms with Gasteiger partial charge in [0, 0.05) is 6.08 Å². The summed E-state index contributed by atoms with van der Waals surface area (Å²) in [4.78, 5) is 10.8. The number of ether oxygens (including phenoxy) is 1. The van der Waals surface area contributed by atoms with Crippen molar-refractivity contribution < 1.29 is 14.6 Å². The highest BCUT2D eigenvalue weighted by Gasteiger charge is 2.17. The van der Waals surface area contributed by atoms with Gasteiger partial charge < -0.3 is 9.84 Å². The molecule has 92 valence electrons. The third-order valence-corrected chi connectivity index (χ3v) is 3.18. The van der Waals surface area contributed by atoms with Crippen LogP contribution in [0.4, 0.5) is 0 Å². The number of hydrogen-bond acceptors (Lipinski definition) is 3. The highest BCUT2D eigenvalue weighted by atomic mass is 16.5. The average molecular weight is 226 g/mol. The fourth-order valence-corrected chi connectivity index (χ4v) is 1.77. The first-order chi connectivity index (χ1) is 7.53. The molecule has 0 amide bonds. The normalized spacial score (nSPS) is 23.2. The van der Waals surface area contributed by atoms with Gasteiger partial charge in [-0.3, -0.25) is 0 Å². The first kappa shape index (κ1) is 13.2. The van der Waals surface area contributed by atoms with Gasteiger partial charge in [-0.15, -0.1) is 0 Å². The van der Waals surface area contributed by atoms with Crippen LogP contribution < -0.4 is 0 Å². The lowest BCUT2D eigenvalue weighted by molar-refractivity contribution is -0.138. The van der Waals surface area contributed by atoms with E-state index in [1.807, 2.05) is 19.9 Å². The zero-order valence-electron chi connectivity index (χ0n) is 10.2.